The lowest BCUT2D eigenvalue weighted by Crippen LogP contribution is -2.43. The molecule has 1 aromatic rings. The van der Waals surface area contributed by atoms with Crippen LogP contribution in [-0.2, 0) is 14.3 Å². The van der Waals surface area contributed by atoms with Crippen LogP contribution in [-0.4, -0.2) is 40.3 Å². The highest BCUT2D eigenvalue weighted by Gasteiger charge is 2.39. The summed E-state index contributed by atoms with van der Waals surface area (Å²) in [6.07, 6.45) is -2.15. The van der Waals surface area contributed by atoms with Gasteiger partial charge in [0.1, 0.15) is 5.78 Å². The molecule has 0 unspecified atom stereocenters. The minimum Gasteiger partial charge on any atom is -0.448 e. The van der Waals surface area contributed by atoms with Crippen molar-refractivity contribution in [2.75, 3.05) is 0 Å². The lowest BCUT2D eigenvalue weighted by Gasteiger charge is -2.35. The van der Waals surface area contributed by atoms with Crippen LogP contribution in [0.25, 0.3) is 0 Å². The number of carbonyl (C=O) groups is 2. The van der Waals surface area contributed by atoms with E-state index in [9.17, 15) is 19.8 Å². The molecule has 0 amide bonds. The van der Waals surface area contributed by atoms with E-state index in [2.05, 4.69) is 18.8 Å². The van der Waals surface area contributed by atoms with Crippen LogP contribution in [0.15, 0.2) is 30.3 Å². The van der Waals surface area contributed by atoms with Gasteiger partial charge in [0, 0.05) is 23.3 Å². The number of carbonyl (C=O) groups excluding carboxylic acids is 2. The van der Waals surface area contributed by atoms with E-state index in [1.807, 2.05) is 51.1 Å². The van der Waals surface area contributed by atoms with Gasteiger partial charge in [-0.3, -0.25) is 9.59 Å². The average molecular weight is 457 g/mol. The van der Waals surface area contributed by atoms with Crippen LogP contribution in [0.2, 0.25) is 0 Å². The number of esters is 1. The van der Waals surface area contributed by atoms with E-state index in [0.717, 1.165) is 5.56 Å². The van der Waals surface area contributed by atoms with Crippen LogP contribution in [0.3, 0.4) is 0 Å². The fourth-order valence-corrected chi connectivity index (χ4v) is 4.74. The number of cyclic esters (lactones) is 1. The molecule has 1 fully saturated rings. The fraction of sp³-hybridized carbons (Fsp3) is 0.643. The number of ketones is 1. The summed E-state index contributed by atoms with van der Waals surface area (Å²) in [6, 6.07) is 9.32. The lowest BCUT2D eigenvalue weighted by molar-refractivity contribution is -0.161. The molecule has 1 aliphatic heterocycles. The van der Waals surface area contributed by atoms with Crippen LogP contribution >= 0.6 is 0 Å². The third kappa shape index (κ3) is 6.68. The maximum Gasteiger partial charge on any atom is 0.312 e. The maximum absolute atomic E-state index is 13.1. The molecular weight excluding hydrogens is 416 g/mol. The van der Waals surface area contributed by atoms with Crippen molar-refractivity contribution in [3.8, 4) is 11.8 Å². The molecule has 33 heavy (non-hydrogen) atoms. The lowest BCUT2D eigenvalue weighted by atomic mass is 9.73. The second-order valence-electron chi connectivity index (χ2n) is 10.1. The largest absolute Gasteiger partial charge is 0.448 e. The van der Waals surface area contributed by atoms with Crippen molar-refractivity contribution < 1.29 is 24.5 Å². The Morgan fingerprint density at radius 2 is 1.39 bits per heavy atom. The topological polar surface area (TPSA) is 83.8 Å². The van der Waals surface area contributed by atoms with Crippen molar-refractivity contribution in [1.82, 2.24) is 0 Å². The molecule has 5 nitrogen and oxygen atoms in total. The van der Waals surface area contributed by atoms with Crippen LogP contribution < -0.4 is 0 Å². The van der Waals surface area contributed by atoms with Gasteiger partial charge in [0.2, 0.25) is 0 Å². The molecule has 1 saturated heterocycles. The first-order valence-electron chi connectivity index (χ1n) is 12.1. The molecule has 2 N–H and O–H groups in total. The predicted octanol–water partition coefficient (Wildman–Crippen LogP) is 4.10. The molecule has 0 bridgehead atoms. The first-order chi connectivity index (χ1) is 15.5. The quantitative estimate of drug-likeness (QED) is 0.454. The second kappa shape index (κ2) is 11.8. The van der Waals surface area contributed by atoms with Gasteiger partial charge in [-0.15, -0.1) is 0 Å². The molecule has 1 heterocycles. The molecule has 0 aliphatic carbocycles. The van der Waals surface area contributed by atoms with Gasteiger partial charge in [0.05, 0.1) is 18.1 Å². The van der Waals surface area contributed by atoms with Crippen molar-refractivity contribution in [3.63, 3.8) is 0 Å². The van der Waals surface area contributed by atoms with Crippen molar-refractivity contribution in [1.29, 1.82) is 0 Å². The van der Waals surface area contributed by atoms with Gasteiger partial charge >= 0.3 is 5.97 Å². The van der Waals surface area contributed by atoms with Gasteiger partial charge in [-0.25, -0.2) is 0 Å². The van der Waals surface area contributed by atoms with Gasteiger partial charge in [-0.2, -0.15) is 0 Å². The van der Waals surface area contributed by atoms with Gasteiger partial charge in [0.25, 0.3) is 0 Å². The van der Waals surface area contributed by atoms with Crippen molar-refractivity contribution in [2.24, 2.45) is 41.4 Å². The zero-order valence-corrected chi connectivity index (χ0v) is 21.0. The number of aliphatic hydroxyl groups excluding tert-OH is 2. The molecule has 0 radical (unpaired) electrons. The summed E-state index contributed by atoms with van der Waals surface area (Å²) >= 11 is 0. The minimum atomic E-state index is -1.02. The van der Waals surface area contributed by atoms with Gasteiger partial charge in [-0.1, -0.05) is 71.6 Å². The van der Waals surface area contributed by atoms with E-state index in [4.69, 9.17) is 4.74 Å². The molecule has 182 valence electrons. The molecule has 5 heteroatoms. The highest BCUT2D eigenvalue weighted by molar-refractivity contribution is 5.83. The molecule has 0 saturated carbocycles. The van der Waals surface area contributed by atoms with E-state index in [-0.39, 0.29) is 29.5 Å². The Morgan fingerprint density at radius 1 is 0.818 bits per heavy atom. The maximum atomic E-state index is 13.1. The Kier molecular flexibility index (Phi) is 9.70. The minimum absolute atomic E-state index is 0.00637. The summed E-state index contributed by atoms with van der Waals surface area (Å²) < 4.78 is 5.76. The van der Waals surface area contributed by atoms with E-state index in [0.29, 0.717) is 6.42 Å². The zero-order chi connectivity index (χ0) is 24.9. The molecule has 1 aliphatic rings. The summed E-state index contributed by atoms with van der Waals surface area (Å²) in [6.45, 7) is 13.1. The van der Waals surface area contributed by atoms with Crippen LogP contribution in [0.1, 0.15) is 60.5 Å². The first kappa shape index (κ1) is 27.1. The van der Waals surface area contributed by atoms with Crippen LogP contribution in [0, 0.1) is 53.3 Å². The monoisotopic (exact) mass is 456 g/mol. The first-order valence-corrected chi connectivity index (χ1v) is 12.1. The summed E-state index contributed by atoms with van der Waals surface area (Å²) in [4.78, 5) is 26.1. The number of rotatable bonds is 0. The standard InChI is InChI=1S/C28H40O5/c1-16-15-17(2)25(29)21(6)27(31)20(5)24(14-13-23-11-9-8-10-12-23)33-28(32)22(7)26(30)19(4)18(16)3/h8-12,16-22,24,26-27,30-31H,15H2,1-7H3/t16-,17+,18-,19+,20-,21-,22+,24+,26-,27-/m0/s1. The third-order valence-electron chi connectivity index (χ3n) is 7.71. The summed E-state index contributed by atoms with van der Waals surface area (Å²) in [5.74, 6) is 3.42. The van der Waals surface area contributed by atoms with Crippen molar-refractivity contribution in [3.05, 3.63) is 35.9 Å². The van der Waals surface area contributed by atoms with E-state index >= 15 is 0 Å². The number of benzene rings is 1. The second-order valence-corrected chi connectivity index (χ2v) is 10.1. The molecule has 2 rings (SSSR count). The van der Waals surface area contributed by atoms with Gasteiger partial charge < -0.3 is 14.9 Å². The van der Waals surface area contributed by atoms with Crippen molar-refractivity contribution >= 4 is 11.8 Å². The van der Waals surface area contributed by atoms with Crippen LogP contribution in [0.4, 0.5) is 0 Å². The number of Topliss-reactive ketones (excluding diaryl/α,β-unsaturated/α-hetero) is 1. The summed E-state index contributed by atoms with van der Waals surface area (Å²) in [5, 5.41) is 22.0. The normalized spacial score (nSPS) is 39.1. The molecule has 1 aromatic carbocycles. The number of hydrogen-bond acceptors (Lipinski definition) is 5. The van der Waals surface area contributed by atoms with Gasteiger partial charge in [0.15, 0.2) is 6.10 Å². The highest BCUT2D eigenvalue weighted by atomic mass is 16.5. The molecule has 0 spiro atoms. The van der Waals surface area contributed by atoms with E-state index in [1.165, 1.54) is 0 Å². The SMILES string of the molecule is C[C@@H]1[C@@H](C)[C@@H](C)C[C@@H](C)C(=O)[C@H](C)[C@@H](O)[C@@H](C)[C@@H](C#Cc2ccccc2)OC(=O)[C@H](C)[C@H]1O. The summed E-state index contributed by atoms with van der Waals surface area (Å²) in [5.41, 5.74) is 0.761. The number of aliphatic hydroxyl groups is 2. The van der Waals surface area contributed by atoms with Crippen molar-refractivity contribution in [2.45, 2.75) is 73.2 Å². The Hall–Kier alpha value is -2.16. The molecular formula is C28H40O5. The molecule has 10 atom stereocenters. The Bertz CT molecular complexity index is 854. The number of hydrogen-bond donors (Lipinski definition) is 2. The average Bonchev–Trinajstić information content (AvgIpc) is 2.82. The summed E-state index contributed by atoms with van der Waals surface area (Å²) in [7, 11) is 0. The van der Waals surface area contributed by atoms with Crippen LogP contribution in [0.5, 0.6) is 0 Å². The third-order valence-corrected chi connectivity index (χ3v) is 7.71. The van der Waals surface area contributed by atoms with E-state index < -0.39 is 42.0 Å². The Balaban J connectivity index is 2.44. The Labute approximate surface area is 198 Å². The van der Waals surface area contributed by atoms with E-state index in [1.54, 1.807) is 20.8 Å². The highest BCUT2D eigenvalue weighted by Crippen LogP contribution is 2.33. The Morgan fingerprint density at radius 3 is 2.00 bits per heavy atom. The smallest absolute Gasteiger partial charge is 0.312 e. The number of ether oxygens (including phenoxy) is 1. The fourth-order valence-electron chi connectivity index (χ4n) is 4.74. The van der Waals surface area contributed by atoms with Gasteiger partial charge in [-0.05, 0) is 43.2 Å². The zero-order valence-electron chi connectivity index (χ0n) is 21.0. The predicted molar refractivity (Wildman–Crippen MR) is 129 cm³/mol. The molecule has 0 aromatic heterocycles.